The molecule has 6 nitrogen and oxygen atoms in total. The van der Waals surface area contributed by atoms with Gasteiger partial charge >= 0.3 is 5.97 Å². The molecule has 20 heavy (non-hydrogen) atoms. The summed E-state index contributed by atoms with van der Waals surface area (Å²) < 4.78 is 30.8. The van der Waals surface area contributed by atoms with Crippen LogP contribution in [0.5, 0.6) is 5.75 Å². The molecule has 0 saturated heterocycles. The SMILES string of the molecule is CCOC(=O)CN(C(C)C)S(=O)(=O)c1ccccc1O. The summed E-state index contributed by atoms with van der Waals surface area (Å²) in [6.07, 6.45) is 0. The average molecular weight is 301 g/mol. The lowest BCUT2D eigenvalue weighted by Crippen LogP contribution is -2.41. The summed E-state index contributed by atoms with van der Waals surface area (Å²) in [4.78, 5) is 11.3. The minimum atomic E-state index is -3.96. The number of hydrogen-bond acceptors (Lipinski definition) is 5. The molecular formula is C13H19NO5S. The molecule has 0 radical (unpaired) electrons. The van der Waals surface area contributed by atoms with E-state index >= 15 is 0 Å². The first-order chi connectivity index (χ1) is 9.30. The Morgan fingerprint density at radius 3 is 2.45 bits per heavy atom. The minimum Gasteiger partial charge on any atom is -0.507 e. The van der Waals surface area contributed by atoms with Gasteiger partial charge < -0.3 is 9.84 Å². The number of sulfonamides is 1. The van der Waals surface area contributed by atoms with Crippen LogP contribution in [0.15, 0.2) is 29.2 Å². The van der Waals surface area contributed by atoms with Crippen molar-refractivity contribution in [1.82, 2.24) is 4.31 Å². The first-order valence-corrected chi connectivity index (χ1v) is 7.70. The van der Waals surface area contributed by atoms with E-state index in [1.165, 1.54) is 24.3 Å². The van der Waals surface area contributed by atoms with Gasteiger partial charge in [-0.25, -0.2) is 8.42 Å². The zero-order chi connectivity index (χ0) is 15.3. The standard InChI is InChI=1S/C13H19NO5S/c1-4-19-13(16)9-14(10(2)3)20(17,18)12-8-6-5-7-11(12)15/h5-8,10,15H,4,9H2,1-3H3. The monoisotopic (exact) mass is 301 g/mol. The highest BCUT2D eigenvalue weighted by Crippen LogP contribution is 2.26. The van der Waals surface area contributed by atoms with Crippen LogP contribution in [0.25, 0.3) is 0 Å². The van der Waals surface area contributed by atoms with Crippen molar-refractivity contribution in [3.8, 4) is 5.75 Å². The molecule has 112 valence electrons. The fraction of sp³-hybridized carbons (Fsp3) is 0.462. The molecule has 0 aromatic heterocycles. The zero-order valence-corrected chi connectivity index (χ0v) is 12.6. The third-order valence-electron chi connectivity index (χ3n) is 2.62. The number of carbonyl (C=O) groups excluding carboxylic acids is 1. The summed E-state index contributed by atoms with van der Waals surface area (Å²) in [6.45, 7) is 4.74. The zero-order valence-electron chi connectivity index (χ0n) is 11.7. The number of ether oxygens (including phenoxy) is 1. The summed E-state index contributed by atoms with van der Waals surface area (Å²) in [5, 5.41) is 9.69. The fourth-order valence-corrected chi connectivity index (χ4v) is 3.35. The molecule has 0 aliphatic carbocycles. The Kier molecular flexibility index (Phi) is 5.52. The van der Waals surface area contributed by atoms with Crippen LogP contribution in [0.4, 0.5) is 0 Å². The molecular weight excluding hydrogens is 282 g/mol. The van der Waals surface area contributed by atoms with Crippen LogP contribution in [0.3, 0.4) is 0 Å². The van der Waals surface area contributed by atoms with Crippen molar-refractivity contribution in [2.24, 2.45) is 0 Å². The van der Waals surface area contributed by atoms with Crippen LogP contribution in [-0.2, 0) is 19.6 Å². The van der Waals surface area contributed by atoms with Gasteiger partial charge in [0.2, 0.25) is 10.0 Å². The molecule has 0 heterocycles. The number of esters is 1. The summed E-state index contributed by atoms with van der Waals surface area (Å²) in [5.41, 5.74) is 0. The van der Waals surface area contributed by atoms with E-state index in [2.05, 4.69) is 0 Å². The maximum Gasteiger partial charge on any atom is 0.321 e. The van der Waals surface area contributed by atoms with Crippen molar-refractivity contribution >= 4 is 16.0 Å². The largest absolute Gasteiger partial charge is 0.507 e. The van der Waals surface area contributed by atoms with E-state index < -0.39 is 22.0 Å². The highest BCUT2D eigenvalue weighted by atomic mass is 32.2. The van der Waals surface area contributed by atoms with Gasteiger partial charge in [-0.2, -0.15) is 4.31 Å². The van der Waals surface area contributed by atoms with E-state index in [1.807, 2.05) is 0 Å². The maximum absolute atomic E-state index is 12.5. The predicted octanol–water partition coefficient (Wildman–Crippen LogP) is 1.35. The number of aromatic hydroxyl groups is 1. The lowest BCUT2D eigenvalue weighted by atomic mass is 10.3. The second kappa shape index (κ2) is 6.71. The third kappa shape index (κ3) is 3.71. The van der Waals surface area contributed by atoms with E-state index in [1.54, 1.807) is 20.8 Å². The van der Waals surface area contributed by atoms with Crippen molar-refractivity contribution in [3.63, 3.8) is 0 Å². The Bertz CT molecular complexity index is 568. The van der Waals surface area contributed by atoms with Crippen molar-refractivity contribution < 1.29 is 23.1 Å². The molecule has 0 atom stereocenters. The molecule has 0 unspecified atom stereocenters. The molecule has 0 aliphatic rings. The number of nitrogens with zero attached hydrogens (tertiary/aromatic N) is 1. The van der Waals surface area contributed by atoms with Gasteiger partial charge in [0.1, 0.15) is 17.2 Å². The summed E-state index contributed by atoms with van der Waals surface area (Å²) in [5.74, 6) is -0.970. The normalized spacial score (nSPS) is 11.8. The number of para-hydroxylation sites is 1. The number of carbonyl (C=O) groups is 1. The number of phenolic OH excluding ortho intramolecular Hbond substituents is 1. The predicted molar refractivity (Wildman–Crippen MR) is 73.8 cm³/mol. The molecule has 1 rings (SSSR count). The van der Waals surface area contributed by atoms with E-state index in [0.29, 0.717) is 0 Å². The van der Waals surface area contributed by atoms with Crippen molar-refractivity contribution in [2.45, 2.75) is 31.7 Å². The van der Waals surface area contributed by atoms with Crippen molar-refractivity contribution in [3.05, 3.63) is 24.3 Å². The van der Waals surface area contributed by atoms with Crippen molar-refractivity contribution in [2.75, 3.05) is 13.2 Å². The number of benzene rings is 1. The van der Waals surface area contributed by atoms with Gasteiger partial charge in [-0.1, -0.05) is 12.1 Å². The fourth-order valence-electron chi connectivity index (χ4n) is 1.68. The Balaban J connectivity index is 3.14. The Hall–Kier alpha value is -1.60. The molecule has 7 heteroatoms. The third-order valence-corrected chi connectivity index (χ3v) is 4.69. The molecule has 0 bridgehead atoms. The van der Waals surface area contributed by atoms with Crippen LogP contribution in [0, 0.1) is 0 Å². The van der Waals surface area contributed by atoms with Crippen LogP contribution >= 0.6 is 0 Å². The number of hydrogen-bond donors (Lipinski definition) is 1. The lowest BCUT2D eigenvalue weighted by molar-refractivity contribution is -0.143. The van der Waals surface area contributed by atoms with Gasteiger partial charge in [-0.15, -0.1) is 0 Å². The highest BCUT2D eigenvalue weighted by Gasteiger charge is 2.31. The topological polar surface area (TPSA) is 83.9 Å². The van der Waals surface area contributed by atoms with Gasteiger partial charge in [0.15, 0.2) is 0 Å². The van der Waals surface area contributed by atoms with E-state index in [4.69, 9.17) is 4.74 Å². The van der Waals surface area contributed by atoms with Gasteiger partial charge in [0.05, 0.1) is 6.61 Å². The summed E-state index contributed by atoms with van der Waals surface area (Å²) >= 11 is 0. The first kappa shape index (κ1) is 16.5. The number of phenols is 1. The van der Waals surface area contributed by atoms with Gasteiger partial charge in [-0.05, 0) is 32.9 Å². The van der Waals surface area contributed by atoms with Crippen molar-refractivity contribution in [1.29, 1.82) is 0 Å². The lowest BCUT2D eigenvalue weighted by Gasteiger charge is -2.25. The second-order valence-electron chi connectivity index (χ2n) is 4.42. The van der Waals surface area contributed by atoms with E-state index in [-0.39, 0.29) is 23.8 Å². The second-order valence-corrected chi connectivity index (χ2v) is 6.28. The Labute approximate surface area is 119 Å². The van der Waals surface area contributed by atoms with Gasteiger partial charge in [0.25, 0.3) is 0 Å². The van der Waals surface area contributed by atoms with E-state index in [0.717, 1.165) is 4.31 Å². The van der Waals surface area contributed by atoms with Crippen LogP contribution in [0.2, 0.25) is 0 Å². The van der Waals surface area contributed by atoms with Crippen LogP contribution in [0.1, 0.15) is 20.8 Å². The molecule has 1 N–H and O–H groups in total. The Morgan fingerprint density at radius 1 is 1.35 bits per heavy atom. The molecule has 0 amide bonds. The Morgan fingerprint density at radius 2 is 1.95 bits per heavy atom. The van der Waals surface area contributed by atoms with E-state index in [9.17, 15) is 18.3 Å². The van der Waals surface area contributed by atoms with Crippen LogP contribution in [-0.4, -0.2) is 43.0 Å². The van der Waals surface area contributed by atoms with Gasteiger partial charge in [-0.3, -0.25) is 4.79 Å². The maximum atomic E-state index is 12.5. The average Bonchev–Trinajstić information content (AvgIpc) is 2.36. The molecule has 0 spiro atoms. The molecule has 0 fully saturated rings. The number of rotatable bonds is 6. The first-order valence-electron chi connectivity index (χ1n) is 6.26. The van der Waals surface area contributed by atoms with Crippen LogP contribution < -0.4 is 0 Å². The molecule has 1 aromatic rings. The summed E-state index contributed by atoms with van der Waals surface area (Å²) in [7, 11) is -3.96. The summed E-state index contributed by atoms with van der Waals surface area (Å²) in [6, 6.07) is 5.18. The molecule has 0 saturated carbocycles. The molecule has 1 aromatic carbocycles. The quantitative estimate of drug-likeness (QED) is 0.802. The van der Waals surface area contributed by atoms with Gasteiger partial charge in [0, 0.05) is 6.04 Å². The smallest absolute Gasteiger partial charge is 0.321 e. The minimum absolute atomic E-state index is 0.182. The molecule has 0 aliphatic heterocycles. The highest BCUT2D eigenvalue weighted by molar-refractivity contribution is 7.89.